The SMILES string of the molecule is CCNCc1ccc(-c2ccccc2)n(C(C)C)c1=O. The first-order valence-corrected chi connectivity index (χ1v) is 7.15. The van der Waals surface area contributed by atoms with E-state index < -0.39 is 0 Å². The summed E-state index contributed by atoms with van der Waals surface area (Å²) in [5.74, 6) is 0. The van der Waals surface area contributed by atoms with Crippen molar-refractivity contribution >= 4 is 0 Å². The molecule has 0 aliphatic heterocycles. The van der Waals surface area contributed by atoms with Crippen molar-refractivity contribution < 1.29 is 0 Å². The number of hydrogen-bond acceptors (Lipinski definition) is 2. The Balaban J connectivity index is 2.54. The zero-order valence-corrected chi connectivity index (χ0v) is 12.4. The third-order valence-electron chi connectivity index (χ3n) is 3.35. The van der Waals surface area contributed by atoms with Crippen LogP contribution in [0.25, 0.3) is 11.3 Å². The summed E-state index contributed by atoms with van der Waals surface area (Å²) in [6.45, 7) is 7.62. The van der Waals surface area contributed by atoms with Gasteiger partial charge < -0.3 is 9.88 Å². The molecule has 2 rings (SSSR count). The van der Waals surface area contributed by atoms with Gasteiger partial charge in [0.15, 0.2) is 0 Å². The van der Waals surface area contributed by atoms with Gasteiger partial charge >= 0.3 is 0 Å². The van der Waals surface area contributed by atoms with Crippen LogP contribution in [0.1, 0.15) is 32.4 Å². The molecule has 3 nitrogen and oxygen atoms in total. The summed E-state index contributed by atoms with van der Waals surface area (Å²) in [5, 5.41) is 3.22. The third-order valence-corrected chi connectivity index (χ3v) is 3.35. The molecule has 3 heteroatoms. The van der Waals surface area contributed by atoms with Crippen LogP contribution in [0.2, 0.25) is 0 Å². The summed E-state index contributed by atoms with van der Waals surface area (Å²) in [6, 6.07) is 14.2. The molecule has 0 aliphatic carbocycles. The van der Waals surface area contributed by atoms with Gasteiger partial charge in [-0.15, -0.1) is 0 Å². The van der Waals surface area contributed by atoms with E-state index in [9.17, 15) is 4.79 Å². The molecule has 2 aromatic rings. The maximum atomic E-state index is 12.6. The van der Waals surface area contributed by atoms with Gasteiger partial charge in [-0.3, -0.25) is 4.79 Å². The van der Waals surface area contributed by atoms with Gasteiger partial charge in [0.05, 0.1) is 5.69 Å². The highest BCUT2D eigenvalue weighted by atomic mass is 16.1. The lowest BCUT2D eigenvalue weighted by Crippen LogP contribution is -2.29. The molecule has 0 amide bonds. The van der Waals surface area contributed by atoms with E-state index in [2.05, 4.69) is 5.32 Å². The van der Waals surface area contributed by atoms with E-state index in [0.717, 1.165) is 23.4 Å². The first-order chi connectivity index (χ1) is 9.65. The van der Waals surface area contributed by atoms with Crippen molar-refractivity contribution in [1.82, 2.24) is 9.88 Å². The standard InChI is InChI=1S/C17H22N2O/c1-4-18-12-15-10-11-16(14-8-6-5-7-9-14)19(13(2)3)17(15)20/h5-11,13,18H,4,12H2,1-3H3. The van der Waals surface area contributed by atoms with Gasteiger partial charge in [-0.1, -0.05) is 43.3 Å². The maximum absolute atomic E-state index is 12.6. The van der Waals surface area contributed by atoms with Crippen molar-refractivity contribution in [1.29, 1.82) is 0 Å². The van der Waals surface area contributed by atoms with Gasteiger partial charge in [0.2, 0.25) is 0 Å². The summed E-state index contributed by atoms with van der Waals surface area (Å²) in [5.41, 5.74) is 2.97. The first-order valence-electron chi connectivity index (χ1n) is 7.15. The summed E-state index contributed by atoms with van der Waals surface area (Å²) < 4.78 is 1.88. The molecule has 0 saturated heterocycles. The van der Waals surface area contributed by atoms with Gasteiger partial charge in [-0.25, -0.2) is 0 Å². The molecular formula is C17H22N2O. The van der Waals surface area contributed by atoms with Crippen LogP contribution < -0.4 is 10.9 Å². The number of hydrogen-bond donors (Lipinski definition) is 1. The zero-order valence-electron chi connectivity index (χ0n) is 12.4. The minimum atomic E-state index is 0.0994. The number of pyridine rings is 1. The molecule has 0 atom stereocenters. The molecule has 0 radical (unpaired) electrons. The van der Waals surface area contributed by atoms with Gasteiger partial charge in [-0.05, 0) is 32.0 Å². The Bertz CT molecular complexity index is 615. The lowest BCUT2D eigenvalue weighted by atomic mass is 10.1. The van der Waals surface area contributed by atoms with Gasteiger partial charge in [0.25, 0.3) is 5.56 Å². The second-order valence-corrected chi connectivity index (χ2v) is 5.16. The Morgan fingerprint density at radius 2 is 1.80 bits per heavy atom. The van der Waals surface area contributed by atoms with E-state index in [0.29, 0.717) is 6.54 Å². The zero-order chi connectivity index (χ0) is 14.5. The van der Waals surface area contributed by atoms with Gasteiger partial charge in [-0.2, -0.15) is 0 Å². The van der Waals surface area contributed by atoms with Crippen molar-refractivity contribution in [2.75, 3.05) is 6.54 Å². The van der Waals surface area contributed by atoms with Crippen LogP contribution in [0.5, 0.6) is 0 Å². The van der Waals surface area contributed by atoms with Crippen molar-refractivity contribution in [3.8, 4) is 11.3 Å². The molecule has 0 bridgehead atoms. The van der Waals surface area contributed by atoms with Crippen LogP contribution in [-0.4, -0.2) is 11.1 Å². The van der Waals surface area contributed by atoms with Crippen LogP contribution >= 0.6 is 0 Å². The fourth-order valence-electron chi connectivity index (χ4n) is 2.35. The highest BCUT2D eigenvalue weighted by Gasteiger charge is 2.12. The fourth-order valence-corrected chi connectivity index (χ4v) is 2.35. The topological polar surface area (TPSA) is 34.0 Å². The Morgan fingerprint density at radius 1 is 1.10 bits per heavy atom. The Morgan fingerprint density at radius 3 is 2.40 bits per heavy atom. The minimum Gasteiger partial charge on any atom is -0.313 e. The minimum absolute atomic E-state index is 0.0994. The largest absolute Gasteiger partial charge is 0.313 e. The van der Waals surface area contributed by atoms with E-state index in [1.165, 1.54) is 0 Å². The van der Waals surface area contributed by atoms with Crippen molar-refractivity contribution in [2.45, 2.75) is 33.4 Å². The fraction of sp³-hybridized carbons (Fsp3) is 0.353. The average Bonchev–Trinajstić information content (AvgIpc) is 2.46. The van der Waals surface area contributed by atoms with E-state index in [-0.39, 0.29) is 11.6 Å². The predicted octanol–water partition coefficient (Wildman–Crippen LogP) is 3.21. The van der Waals surface area contributed by atoms with Crippen molar-refractivity contribution in [3.63, 3.8) is 0 Å². The summed E-state index contributed by atoms with van der Waals surface area (Å²) in [7, 11) is 0. The van der Waals surface area contributed by atoms with Crippen LogP contribution in [0.3, 0.4) is 0 Å². The summed E-state index contributed by atoms with van der Waals surface area (Å²) >= 11 is 0. The molecule has 1 heterocycles. The van der Waals surface area contributed by atoms with E-state index in [4.69, 9.17) is 0 Å². The van der Waals surface area contributed by atoms with Gasteiger partial charge in [0.1, 0.15) is 0 Å². The molecule has 0 unspecified atom stereocenters. The van der Waals surface area contributed by atoms with Crippen molar-refractivity contribution in [2.24, 2.45) is 0 Å². The third kappa shape index (κ3) is 2.99. The molecule has 1 N–H and O–H groups in total. The second-order valence-electron chi connectivity index (χ2n) is 5.16. The van der Waals surface area contributed by atoms with E-state index in [1.54, 1.807) is 0 Å². The Labute approximate surface area is 120 Å². The number of benzene rings is 1. The molecule has 0 fully saturated rings. The lowest BCUT2D eigenvalue weighted by Gasteiger charge is -2.18. The molecule has 0 saturated carbocycles. The quantitative estimate of drug-likeness (QED) is 0.905. The maximum Gasteiger partial charge on any atom is 0.255 e. The molecule has 1 aromatic carbocycles. The predicted molar refractivity (Wildman–Crippen MR) is 83.9 cm³/mol. The smallest absolute Gasteiger partial charge is 0.255 e. The monoisotopic (exact) mass is 270 g/mol. The Kier molecular flexibility index (Phi) is 4.74. The van der Waals surface area contributed by atoms with Crippen molar-refractivity contribution in [3.05, 3.63) is 58.4 Å². The highest BCUT2D eigenvalue weighted by Crippen LogP contribution is 2.21. The normalized spacial score (nSPS) is 11.0. The van der Waals surface area contributed by atoms with Crippen LogP contribution in [0, 0.1) is 0 Å². The molecule has 20 heavy (non-hydrogen) atoms. The molecular weight excluding hydrogens is 248 g/mol. The number of nitrogens with zero attached hydrogens (tertiary/aromatic N) is 1. The van der Waals surface area contributed by atoms with Gasteiger partial charge in [0, 0.05) is 18.2 Å². The van der Waals surface area contributed by atoms with E-state index in [1.807, 2.05) is 67.8 Å². The Hall–Kier alpha value is -1.87. The first kappa shape index (κ1) is 14.5. The molecule has 0 aliphatic rings. The second kappa shape index (κ2) is 6.53. The molecule has 1 aromatic heterocycles. The number of aromatic nitrogens is 1. The molecule has 106 valence electrons. The number of rotatable bonds is 5. The summed E-state index contributed by atoms with van der Waals surface area (Å²) in [6.07, 6.45) is 0. The lowest BCUT2D eigenvalue weighted by molar-refractivity contribution is 0.575. The van der Waals surface area contributed by atoms with Crippen LogP contribution in [-0.2, 0) is 6.54 Å². The van der Waals surface area contributed by atoms with Crippen LogP contribution in [0.4, 0.5) is 0 Å². The number of nitrogens with one attached hydrogen (secondary N) is 1. The average molecular weight is 270 g/mol. The highest BCUT2D eigenvalue weighted by molar-refractivity contribution is 5.59. The van der Waals surface area contributed by atoms with E-state index >= 15 is 0 Å². The van der Waals surface area contributed by atoms with Crippen LogP contribution in [0.15, 0.2) is 47.3 Å². The summed E-state index contributed by atoms with van der Waals surface area (Å²) in [4.78, 5) is 12.6. The molecule has 0 spiro atoms.